The molecule has 7 rings (SSSR count). The number of likely N-dealkylation sites (N-methyl/N-ethyl adjacent to an activating group) is 1. The number of fused-ring (bicyclic) bond motifs is 2. The molecule has 344 valence electrons. The zero-order valence-electron chi connectivity index (χ0n) is 36.9. The van der Waals surface area contributed by atoms with Gasteiger partial charge in [-0.05, 0) is 109 Å². The highest BCUT2D eigenvalue weighted by atomic mass is 16.7. The summed E-state index contributed by atoms with van der Waals surface area (Å²) < 4.78 is 20.1. The van der Waals surface area contributed by atoms with Gasteiger partial charge >= 0.3 is 6.09 Å². The van der Waals surface area contributed by atoms with E-state index >= 15 is 0 Å². The Balaban J connectivity index is 1.37. The van der Waals surface area contributed by atoms with Crippen LogP contribution < -0.4 is 14.8 Å². The summed E-state index contributed by atoms with van der Waals surface area (Å²) in [5, 5.41) is 48.3. The number of benzene rings is 4. The van der Waals surface area contributed by atoms with E-state index in [1.807, 2.05) is 36.4 Å². The molecule has 0 aromatic heterocycles. The standard InChI is InChI=1S/C51H55N5O10/c1-3-27-63-51-46(55(2)49(59)37-19-15-34(31-52)16-20-37)30-44(54-64-33-36-17-21-39(22-18-36)56(61)62)42-28-38(13-7-9-25-57)41(14-8-10-26-58)47(48(42)51)43-29-40(23-24-45(43)66-51)65-50(60)53-32-35-11-5-4-6-12-35/h3-6,11-12,15-24,28-29,38,41,46-48,57-58H,1,7-10,13-14,25-27,30,32-33H2,2H3,(H,53,60)/t38-,41+,46-,47+,48+,51+/m0/s1. The summed E-state index contributed by atoms with van der Waals surface area (Å²) in [4.78, 5) is 46.5. The van der Waals surface area contributed by atoms with Crippen molar-refractivity contribution in [3.05, 3.63) is 159 Å². The van der Waals surface area contributed by atoms with Crippen LogP contribution in [-0.2, 0) is 22.7 Å². The number of hydrogen-bond acceptors (Lipinski definition) is 12. The minimum absolute atomic E-state index is 0.00172. The molecule has 0 bridgehead atoms. The Labute approximate surface area is 384 Å². The van der Waals surface area contributed by atoms with Crippen LogP contribution in [0.2, 0.25) is 0 Å². The third kappa shape index (κ3) is 10.5. The quantitative estimate of drug-likeness (QED) is 0.0333. The Morgan fingerprint density at radius 3 is 2.41 bits per heavy atom. The molecule has 0 spiro atoms. The lowest BCUT2D eigenvalue weighted by atomic mass is 9.55. The zero-order valence-corrected chi connectivity index (χ0v) is 36.9. The van der Waals surface area contributed by atoms with Crippen LogP contribution in [0.1, 0.15) is 83.5 Å². The fraction of sp³-hybridized carbons (Fsp3) is 0.373. The first kappa shape index (κ1) is 47.1. The minimum atomic E-state index is -1.53. The minimum Gasteiger partial charge on any atom is -0.459 e. The van der Waals surface area contributed by atoms with Gasteiger partial charge in [-0.1, -0.05) is 60.5 Å². The number of aliphatic hydroxyl groups is 2. The average Bonchev–Trinajstić information content (AvgIpc) is 3.34. The number of nitrogens with one attached hydrogen (secondary N) is 1. The molecule has 4 aromatic carbocycles. The number of unbranched alkanes of at least 4 members (excludes halogenated alkanes) is 2. The topological polar surface area (TPSA) is 206 Å². The lowest BCUT2D eigenvalue weighted by Crippen LogP contribution is -2.69. The third-order valence-corrected chi connectivity index (χ3v) is 12.7. The van der Waals surface area contributed by atoms with Crippen molar-refractivity contribution in [3.8, 4) is 17.6 Å². The molecule has 0 saturated heterocycles. The maximum absolute atomic E-state index is 14.6. The molecule has 4 aromatic rings. The first-order chi connectivity index (χ1) is 32.1. The number of oxime groups is 1. The van der Waals surface area contributed by atoms with Crippen molar-refractivity contribution in [1.29, 1.82) is 5.26 Å². The number of nitriles is 1. The summed E-state index contributed by atoms with van der Waals surface area (Å²) in [5.41, 5.74) is 4.39. The molecule has 1 heterocycles. The largest absolute Gasteiger partial charge is 0.459 e. The van der Waals surface area contributed by atoms with E-state index in [4.69, 9.17) is 24.2 Å². The Hall–Kier alpha value is -6.86. The highest BCUT2D eigenvalue weighted by molar-refractivity contribution is 6.03. The molecule has 15 heteroatoms. The third-order valence-electron chi connectivity index (χ3n) is 12.7. The van der Waals surface area contributed by atoms with Crippen molar-refractivity contribution >= 4 is 23.4 Å². The molecule has 1 saturated carbocycles. The predicted octanol–water partition coefficient (Wildman–Crippen LogP) is 8.36. The van der Waals surface area contributed by atoms with Crippen LogP contribution in [0.15, 0.2) is 127 Å². The lowest BCUT2D eigenvalue weighted by molar-refractivity contribution is -0.384. The van der Waals surface area contributed by atoms with Crippen molar-refractivity contribution in [2.45, 2.75) is 75.8 Å². The maximum atomic E-state index is 14.6. The fourth-order valence-electron chi connectivity index (χ4n) is 9.64. The lowest BCUT2D eigenvalue weighted by Gasteiger charge is -2.59. The van der Waals surface area contributed by atoms with Crippen LogP contribution in [0.4, 0.5) is 10.5 Å². The SMILES string of the molecule is C=CCO[C@@]12Oc3ccc(OC(=O)NCc4ccccc4)cc3[C@H]3[C@H](CCCCO)[C@@H](CCCCO)C=C(C(=NOCc4ccc([N+](=O)[O-])cc4)C[C@@H]1N(C)C(=O)c1ccc(C#N)cc1)[C@H]32. The van der Waals surface area contributed by atoms with Crippen molar-refractivity contribution in [3.63, 3.8) is 0 Å². The number of nitrogens with zero attached hydrogens (tertiary/aromatic N) is 4. The van der Waals surface area contributed by atoms with Crippen LogP contribution in [0.5, 0.6) is 11.5 Å². The predicted molar refractivity (Wildman–Crippen MR) is 245 cm³/mol. The summed E-state index contributed by atoms with van der Waals surface area (Å²) in [6, 6.07) is 28.5. The molecule has 3 N–H and O–H groups in total. The Morgan fingerprint density at radius 2 is 1.73 bits per heavy atom. The summed E-state index contributed by atoms with van der Waals surface area (Å²) in [6.07, 6.45) is 7.38. The van der Waals surface area contributed by atoms with Crippen molar-refractivity contribution in [2.24, 2.45) is 22.9 Å². The highest BCUT2D eigenvalue weighted by Crippen LogP contribution is 2.62. The number of ether oxygens (including phenoxy) is 3. The number of nitro benzene ring substituents is 1. The van der Waals surface area contributed by atoms with Gasteiger partial charge in [0, 0.05) is 62.4 Å². The van der Waals surface area contributed by atoms with Gasteiger partial charge in [0.25, 0.3) is 11.6 Å². The van der Waals surface area contributed by atoms with E-state index in [9.17, 15) is 35.2 Å². The highest BCUT2D eigenvalue weighted by Gasteiger charge is 2.65. The zero-order chi connectivity index (χ0) is 46.6. The number of rotatable bonds is 20. The first-order valence-corrected chi connectivity index (χ1v) is 22.3. The van der Waals surface area contributed by atoms with Gasteiger partial charge in [0.1, 0.15) is 24.1 Å². The molecule has 2 aliphatic carbocycles. The van der Waals surface area contributed by atoms with E-state index in [1.165, 1.54) is 12.1 Å². The monoisotopic (exact) mass is 897 g/mol. The van der Waals surface area contributed by atoms with E-state index in [0.717, 1.165) is 29.5 Å². The number of carbonyl (C=O) groups is 2. The average molecular weight is 898 g/mol. The number of allylic oxidation sites excluding steroid dienone is 1. The number of non-ortho nitro benzene ring substituents is 1. The molecular weight excluding hydrogens is 843 g/mol. The summed E-state index contributed by atoms with van der Waals surface area (Å²) >= 11 is 0. The molecule has 1 fully saturated rings. The summed E-state index contributed by atoms with van der Waals surface area (Å²) in [7, 11) is 1.69. The molecule has 6 atom stereocenters. The summed E-state index contributed by atoms with van der Waals surface area (Å²) in [5.74, 6) is -2.25. The van der Waals surface area contributed by atoms with Crippen LogP contribution in [0.25, 0.3) is 0 Å². The number of amides is 2. The van der Waals surface area contributed by atoms with Gasteiger partial charge < -0.3 is 39.5 Å². The van der Waals surface area contributed by atoms with Gasteiger partial charge in [-0.15, -0.1) is 6.58 Å². The number of carbonyl (C=O) groups excluding carboxylic acids is 2. The van der Waals surface area contributed by atoms with Gasteiger partial charge in [0.15, 0.2) is 0 Å². The molecule has 2 amide bonds. The molecular formula is C51H55N5O10. The second-order valence-electron chi connectivity index (χ2n) is 16.8. The molecule has 0 unspecified atom stereocenters. The smallest absolute Gasteiger partial charge is 0.412 e. The summed E-state index contributed by atoms with van der Waals surface area (Å²) in [6.45, 7) is 4.36. The number of nitro groups is 1. The first-order valence-electron chi connectivity index (χ1n) is 22.3. The Bertz CT molecular complexity index is 2450. The van der Waals surface area contributed by atoms with Crippen molar-refractivity contribution in [2.75, 3.05) is 26.9 Å². The normalized spacial score (nSPS) is 22.1. The van der Waals surface area contributed by atoms with Gasteiger partial charge in [-0.2, -0.15) is 5.26 Å². The maximum Gasteiger partial charge on any atom is 0.412 e. The van der Waals surface area contributed by atoms with Crippen LogP contribution in [-0.4, -0.2) is 76.4 Å². The molecule has 66 heavy (non-hydrogen) atoms. The van der Waals surface area contributed by atoms with Crippen molar-refractivity contribution < 1.29 is 43.8 Å². The number of aliphatic hydroxyl groups excluding tert-OH is 2. The number of hydrogen-bond donors (Lipinski definition) is 3. The second-order valence-corrected chi connectivity index (χ2v) is 16.8. The molecule has 3 aliphatic rings. The van der Waals surface area contributed by atoms with Crippen LogP contribution in [0, 0.1) is 39.2 Å². The van der Waals surface area contributed by atoms with Gasteiger partial charge in [-0.25, -0.2) is 4.79 Å². The van der Waals surface area contributed by atoms with Crippen LogP contribution >= 0.6 is 0 Å². The van der Waals surface area contributed by atoms with E-state index in [0.29, 0.717) is 59.6 Å². The van der Waals surface area contributed by atoms with Crippen LogP contribution in [0.3, 0.4) is 0 Å². The van der Waals surface area contributed by atoms with Gasteiger partial charge in [-0.3, -0.25) is 14.9 Å². The van der Waals surface area contributed by atoms with E-state index in [2.05, 4.69) is 24.0 Å². The van der Waals surface area contributed by atoms with E-state index in [1.54, 1.807) is 66.6 Å². The van der Waals surface area contributed by atoms with E-state index < -0.39 is 28.8 Å². The Kier molecular flexibility index (Phi) is 15.6. The van der Waals surface area contributed by atoms with E-state index in [-0.39, 0.29) is 68.7 Å². The van der Waals surface area contributed by atoms with Crippen molar-refractivity contribution in [1.82, 2.24) is 10.2 Å². The van der Waals surface area contributed by atoms with Gasteiger partial charge in [0.2, 0.25) is 5.79 Å². The molecule has 15 nitrogen and oxygen atoms in total. The molecule has 1 aliphatic heterocycles. The van der Waals surface area contributed by atoms with Gasteiger partial charge in [0.05, 0.1) is 34.8 Å². The second kappa shape index (κ2) is 21.9. The fourth-order valence-corrected chi connectivity index (χ4v) is 9.64. The Morgan fingerprint density at radius 1 is 1.00 bits per heavy atom. The molecule has 0 radical (unpaired) electrons.